The molecule has 6 nitrogen and oxygen atoms in total. The average molecular weight is 348 g/mol. The van der Waals surface area contributed by atoms with Gasteiger partial charge < -0.3 is 15.8 Å². The van der Waals surface area contributed by atoms with Gasteiger partial charge in [0.05, 0.1) is 11.3 Å². The summed E-state index contributed by atoms with van der Waals surface area (Å²) in [6.45, 7) is 2.76. The molecule has 0 fully saturated rings. The second-order valence-electron chi connectivity index (χ2n) is 4.16. The Morgan fingerprint density at radius 2 is 2.19 bits per heavy atom. The fourth-order valence-corrected chi connectivity index (χ4v) is 2.06. The fraction of sp³-hybridized carbons (Fsp3) is 0.214. The lowest BCUT2D eigenvalue weighted by Gasteiger charge is -2.10. The number of nitriles is 1. The number of nitrogens with two attached hydrogens (primary N) is 1. The molecule has 0 aliphatic heterocycles. The number of halogens is 1. The predicted molar refractivity (Wildman–Crippen MR) is 83.9 cm³/mol. The van der Waals surface area contributed by atoms with Crippen molar-refractivity contribution in [2.24, 2.45) is 0 Å². The predicted octanol–water partition coefficient (Wildman–Crippen LogP) is 2.97. The van der Waals surface area contributed by atoms with Gasteiger partial charge in [-0.3, -0.25) is 0 Å². The van der Waals surface area contributed by atoms with E-state index in [1.54, 1.807) is 18.2 Å². The third kappa shape index (κ3) is 4.15. The van der Waals surface area contributed by atoms with Crippen molar-refractivity contribution in [2.75, 3.05) is 17.7 Å². The van der Waals surface area contributed by atoms with Gasteiger partial charge in [-0.1, -0.05) is 15.9 Å². The van der Waals surface area contributed by atoms with Gasteiger partial charge in [-0.15, -0.1) is 0 Å². The summed E-state index contributed by atoms with van der Waals surface area (Å²) in [7, 11) is 0. The lowest BCUT2D eigenvalue weighted by atomic mass is 10.2. The van der Waals surface area contributed by atoms with Crippen LogP contribution in [-0.2, 0) is 11.3 Å². The Morgan fingerprint density at radius 3 is 2.90 bits per heavy atom. The van der Waals surface area contributed by atoms with Crippen LogP contribution >= 0.6 is 15.9 Å². The molecule has 108 valence electrons. The maximum absolute atomic E-state index is 9.16. The van der Waals surface area contributed by atoms with Crippen LogP contribution < -0.4 is 11.1 Å². The van der Waals surface area contributed by atoms with Crippen molar-refractivity contribution in [1.29, 1.82) is 5.26 Å². The Morgan fingerprint density at radius 1 is 1.38 bits per heavy atom. The Labute approximate surface area is 131 Å². The number of anilines is 3. The third-order valence-electron chi connectivity index (χ3n) is 2.59. The number of nitrogens with one attached hydrogen (secondary N) is 1. The Kier molecular flexibility index (Phi) is 5.09. The van der Waals surface area contributed by atoms with Crippen molar-refractivity contribution >= 4 is 33.3 Å². The van der Waals surface area contributed by atoms with Crippen molar-refractivity contribution in [2.45, 2.75) is 13.5 Å². The molecule has 3 N–H and O–H groups in total. The molecule has 21 heavy (non-hydrogen) atoms. The van der Waals surface area contributed by atoms with Crippen molar-refractivity contribution in [1.82, 2.24) is 9.97 Å². The Balaban J connectivity index is 2.27. The molecule has 0 spiro atoms. The van der Waals surface area contributed by atoms with E-state index in [4.69, 9.17) is 15.7 Å². The molecule has 0 atom stereocenters. The summed E-state index contributed by atoms with van der Waals surface area (Å²) in [4.78, 5) is 8.41. The number of benzene rings is 1. The fourth-order valence-electron chi connectivity index (χ4n) is 1.70. The topological polar surface area (TPSA) is 96.9 Å². The number of hydrogen-bond donors (Lipinski definition) is 2. The van der Waals surface area contributed by atoms with Crippen LogP contribution in [0.5, 0.6) is 0 Å². The number of hydrogen-bond acceptors (Lipinski definition) is 6. The monoisotopic (exact) mass is 347 g/mol. The normalized spacial score (nSPS) is 10.1. The highest BCUT2D eigenvalue weighted by atomic mass is 79.9. The lowest BCUT2D eigenvalue weighted by molar-refractivity contribution is 0.128. The van der Waals surface area contributed by atoms with E-state index in [1.165, 1.54) is 0 Å². The van der Waals surface area contributed by atoms with Crippen molar-refractivity contribution in [3.63, 3.8) is 0 Å². The van der Waals surface area contributed by atoms with Crippen LogP contribution in [0.15, 0.2) is 28.7 Å². The molecule has 2 rings (SSSR count). The maximum Gasteiger partial charge on any atom is 0.158 e. The lowest BCUT2D eigenvalue weighted by Crippen LogP contribution is -2.05. The summed E-state index contributed by atoms with van der Waals surface area (Å²) in [6.07, 6.45) is 0. The van der Waals surface area contributed by atoms with Crippen molar-refractivity contribution in [3.05, 3.63) is 40.1 Å². The van der Waals surface area contributed by atoms with Gasteiger partial charge in [0.2, 0.25) is 0 Å². The highest BCUT2D eigenvalue weighted by molar-refractivity contribution is 9.10. The zero-order valence-electron chi connectivity index (χ0n) is 11.4. The van der Waals surface area contributed by atoms with Gasteiger partial charge in [0, 0.05) is 17.1 Å². The van der Waals surface area contributed by atoms with Gasteiger partial charge >= 0.3 is 0 Å². The molecule has 1 aromatic heterocycles. The second kappa shape index (κ2) is 7.02. The van der Waals surface area contributed by atoms with E-state index in [0.29, 0.717) is 41.9 Å². The molecule has 0 aliphatic carbocycles. The molecule has 0 radical (unpaired) electrons. The van der Waals surface area contributed by atoms with Crippen molar-refractivity contribution in [3.8, 4) is 6.07 Å². The molecule has 7 heteroatoms. The van der Waals surface area contributed by atoms with E-state index in [9.17, 15) is 0 Å². The van der Waals surface area contributed by atoms with Crippen molar-refractivity contribution < 1.29 is 4.74 Å². The van der Waals surface area contributed by atoms with Crippen LogP contribution in [0.1, 0.15) is 18.3 Å². The minimum atomic E-state index is 0.293. The Hall–Kier alpha value is -2.17. The largest absolute Gasteiger partial charge is 0.384 e. The molecule has 0 bridgehead atoms. The molecule has 0 saturated heterocycles. The van der Waals surface area contributed by atoms with E-state index in [-0.39, 0.29) is 0 Å². The molecule has 0 amide bonds. The van der Waals surface area contributed by atoms with Crippen LogP contribution in [0.2, 0.25) is 0 Å². The van der Waals surface area contributed by atoms with E-state index in [2.05, 4.69) is 37.3 Å². The van der Waals surface area contributed by atoms with E-state index in [1.807, 2.05) is 13.0 Å². The van der Waals surface area contributed by atoms with Gasteiger partial charge in [-0.25, -0.2) is 9.97 Å². The van der Waals surface area contributed by atoms with E-state index in [0.717, 1.165) is 4.47 Å². The van der Waals surface area contributed by atoms with Gasteiger partial charge in [0.15, 0.2) is 5.82 Å². The van der Waals surface area contributed by atoms with Gasteiger partial charge in [0.25, 0.3) is 0 Å². The van der Waals surface area contributed by atoms with Gasteiger partial charge in [0.1, 0.15) is 24.3 Å². The third-order valence-corrected chi connectivity index (χ3v) is 3.09. The zero-order valence-corrected chi connectivity index (χ0v) is 13.0. The smallest absolute Gasteiger partial charge is 0.158 e. The molecular formula is C14H14BrN5O. The molecule has 1 heterocycles. The van der Waals surface area contributed by atoms with Crippen LogP contribution in [0.25, 0.3) is 0 Å². The van der Waals surface area contributed by atoms with Gasteiger partial charge in [-0.05, 0) is 25.1 Å². The van der Waals surface area contributed by atoms with Crippen LogP contribution in [0, 0.1) is 11.3 Å². The van der Waals surface area contributed by atoms with E-state index >= 15 is 0 Å². The summed E-state index contributed by atoms with van der Waals surface area (Å²) in [5.74, 6) is 1.36. The standard InChI is InChI=1S/C14H14BrN5O/c1-2-21-8-14-19-12(17)6-13(20-14)18-11-4-3-10(15)5-9(11)7-16/h3-6H,2,8H2,1H3,(H3,17,18,19,20). The quantitative estimate of drug-likeness (QED) is 0.862. The molecule has 1 aromatic carbocycles. The van der Waals surface area contributed by atoms with Crippen LogP contribution in [-0.4, -0.2) is 16.6 Å². The molecule has 0 aliphatic rings. The first-order valence-electron chi connectivity index (χ1n) is 6.30. The zero-order chi connectivity index (χ0) is 15.2. The first-order chi connectivity index (χ1) is 10.1. The Bertz CT molecular complexity index is 684. The second-order valence-corrected chi connectivity index (χ2v) is 5.07. The summed E-state index contributed by atoms with van der Waals surface area (Å²) >= 11 is 3.33. The van der Waals surface area contributed by atoms with E-state index < -0.39 is 0 Å². The first-order valence-corrected chi connectivity index (χ1v) is 7.09. The molecule has 0 saturated carbocycles. The summed E-state index contributed by atoms with van der Waals surface area (Å²) < 4.78 is 6.11. The number of ether oxygens (including phenoxy) is 1. The first kappa shape index (κ1) is 15.2. The molecule has 0 unspecified atom stereocenters. The number of nitrogens with zero attached hydrogens (tertiary/aromatic N) is 3. The summed E-state index contributed by atoms with van der Waals surface area (Å²) in [5, 5.41) is 12.2. The SMILES string of the molecule is CCOCc1nc(N)cc(Nc2ccc(Br)cc2C#N)n1. The minimum absolute atomic E-state index is 0.293. The number of nitrogen functional groups attached to an aromatic ring is 1. The van der Waals surface area contributed by atoms with Crippen LogP contribution in [0.3, 0.4) is 0 Å². The van der Waals surface area contributed by atoms with Gasteiger partial charge in [-0.2, -0.15) is 5.26 Å². The molecular weight excluding hydrogens is 334 g/mol. The summed E-state index contributed by atoms with van der Waals surface area (Å²) in [5.41, 5.74) is 6.92. The number of rotatable bonds is 5. The number of aromatic nitrogens is 2. The molecule has 2 aromatic rings. The highest BCUT2D eigenvalue weighted by Crippen LogP contribution is 2.23. The van der Waals surface area contributed by atoms with Crippen LogP contribution in [0.4, 0.5) is 17.3 Å². The average Bonchev–Trinajstić information content (AvgIpc) is 2.46. The summed E-state index contributed by atoms with van der Waals surface area (Å²) in [6, 6.07) is 9.11. The maximum atomic E-state index is 9.16. The minimum Gasteiger partial charge on any atom is -0.384 e. The highest BCUT2D eigenvalue weighted by Gasteiger charge is 2.07.